The van der Waals surface area contributed by atoms with Crippen LogP contribution in [0.2, 0.25) is 0 Å². The molecule has 1 aromatic carbocycles. The molecular formula is C40H62O4. The summed E-state index contributed by atoms with van der Waals surface area (Å²) >= 11 is 0. The van der Waals surface area contributed by atoms with Gasteiger partial charge in [-0.1, -0.05) is 132 Å². The van der Waals surface area contributed by atoms with Crippen LogP contribution in [0.25, 0.3) is 0 Å². The van der Waals surface area contributed by atoms with E-state index in [-0.39, 0.29) is 52.2 Å². The van der Waals surface area contributed by atoms with Crippen molar-refractivity contribution in [2.24, 2.45) is 10.8 Å². The van der Waals surface area contributed by atoms with Gasteiger partial charge in [-0.05, 0) is 83.3 Å². The molecule has 0 saturated carbocycles. The molecule has 0 aliphatic carbocycles. The van der Waals surface area contributed by atoms with E-state index in [2.05, 4.69) is 120 Å². The molecule has 0 unspecified atom stereocenters. The molecule has 4 heteroatoms. The molecule has 0 aliphatic rings. The molecule has 0 amide bonds. The van der Waals surface area contributed by atoms with Gasteiger partial charge in [0.25, 0.3) is 0 Å². The van der Waals surface area contributed by atoms with E-state index in [9.17, 15) is 9.59 Å². The molecule has 0 aliphatic heterocycles. The number of hydrogen-bond acceptors (Lipinski definition) is 4. The third kappa shape index (κ3) is 13.4. The Morgan fingerprint density at radius 1 is 0.591 bits per heavy atom. The van der Waals surface area contributed by atoms with Crippen LogP contribution in [0.15, 0.2) is 66.8 Å². The Labute approximate surface area is 270 Å². The summed E-state index contributed by atoms with van der Waals surface area (Å²) in [6, 6.07) is 7.28. The van der Waals surface area contributed by atoms with Crippen molar-refractivity contribution in [2.75, 3.05) is 13.2 Å². The van der Waals surface area contributed by atoms with Crippen molar-refractivity contribution in [3.05, 3.63) is 83.5 Å². The second kappa shape index (κ2) is 15.4. The minimum absolute atomic E-state index is 0.0237. The van der Waals surface area contributed by atoms with Crippen LogP contribution in [0.5, 0.6) is 0 Å². The Hall–Kier alpha value is -2.88. The quantitative estimate of drug-likeness (QED) is 0.107. The summed E-state index contributed by atoms with van der Waals surface area (Å²) in [5, 5.41) is 0. The number of ether oxygens (including phenoxy) is 2. The predicted molar refractivity (Wildman–Crippen MR) is 187 cm³/mol. The second-order valence-electron chi connectivity index (χ2n) is 16.6. The van der Waals surface area contributed by atoms with E-state index >= 15 is 0 Å². The Balaban J connectivity index is 3.18. The molecule has 4 nitrogen and oxygen atoms in total. The average molecular weight is 607 g/mol. The highest BCUT2D eigenvalue weighted by atomic mass is 16.5. The molecule has 44 heavy (non-hydrogen) atoms. The maximum absolute atomic E-state index is 11.7. The summed E-state index contributed by atoms with van der Waals surface area (Å²) in [6.45, 7) is 36.7. The molecule has 0 fully saturated rings. The first-order chi connectivity index (χ1) is 19.9. The number of carbonyl (C=O) groups excluding carboxylic acids is 2. The zero-order chi connectivity index (χ0) is 34.1. The lowest BCUT2D eigenvalue weighted by molar-refractivity contribution is -0.138. The third-order valence-corrected chi connectivity index (χ3v) is 8.20. The maximum Gasteiger partial charge on any atom is 0.333 e. The van der Waals surface area contributed by atoms with Gasteiger partial charge in [-0.15, -0.1) is 0 Å². The van der Waals surface area contributed by atoms with Crippen molar-refractivity contribution in [1.82, 2.24) is 0 Å². The molecule has 246 valence electrons. The van der Waals surface area contributed by atoms with E-state index in [1.165, 1.54) is 16.7 Å². The molecule has 0 radical (unpaired) electrons. The molecular weight excluding hydrogens is 544 g/mol. The predicted octanol–water partition coefficient (Wildman–Crippen LogP) is 10.5. The molecule has 1 aromatic rings. The highest BCUT2D eigenvalue weighted by molar-refractivity contribution is 5.87. The first-order valence-corrected chi connectivity index (χ1v) is 16.0. The first-order valence-electron chi connectivity index (χ1n) is 16.0. The molecule has 0 heterocycles. The fourth-order valence-electron chi connectivity index (χ4n) is 6.02. The van der Waals surface area contributed by atoms with Crippen molar-refractivity contribution in [3.63, 3.8) is 0 Å². The van der Waals surface area contributed by atoms with Gasteiger partial charge in [0.15, 0.2) is 0 Å². The Morgan fingerprint density at radius 3 is 1.20 bits per heavy atom. The van der Waals surface area contributed by atoms with Gasteiger partial charge in [-0.3, -0.25) is 0 Å². The van der Waals surface area contributed by atoms with Gasteiger partial charge < -0.3 is 9.47 Å². The number of allylic oxidation sites excluding steroid dienone is 2. The van der Waals surface area contributed by atoms with Gasteiger partial charge in [0, 0.05) is 11.1 Å². The van der Waals surface area contributed by atoms with E-state index in [4.69, 9.17) is 9.47 Å². The van der Waals surface area contributed by atoms with Gasteiger partial charge in [0.1, 0.15) is 13.2 Å². The Kier molecular flexibility index (Phi) is 13.7. The van der Waals surface area contributed by atoms with Crippen LogP contribution in [-0.4, -0.2) is 25.2 Å². The highest BCUT2D eigenvalue weighted by Gasteiger charge is 2.34. The minimum Gasteiger partial charge on any atom is -0.458 e. The normalized spacial score (nSPS) is 13.4. The summed E-state index contributed by atoms with van der Waals surface area (Å²) < 4.78 is 10.4. The Bertz CT molecular complexity index is 1140. The summed E-state index contributed by atoms with van der Waals surface area (Å²) in [4.78, 5) is 23.3. The molecule has 0 saturated heterocycles. The van der Waals surface area contributed by atoms with Crippen molar-refractivity contribution in [2.45, 2.75) is 132 Å². The van der Waals surface area contributed by atoms with Crippen LogP contribution < -0.4 is 0 Å². The van der Waals surface area contributed by atoms with E-state index in [0.29, 0.717) is 11.1 Å². The molecule has 1 rings (SSSR count). The van der Waals surface area contributed by atoms with Gasteiger partial charge >= 0.3 is 11.9 Å². The van der Waals surface area contributed by atoms with Crippen LogP contribution in [0.4, 0.5) is 0 Å². The first kappa shape index (κ1) is 39.1. The molecule has 0 N–H and O–H groups in total. The van der Waals surface area contributed by atoms with Crippen molar-refractivity contribution < 1.29 is 19.1 Å². The average Bonchev–Trinajstić information content (AvgIpc) is 2.85. The van der Waals surface area contributed by atoms with Crippen molar-refractivity contribution >= 4 is 11.9 Å². The molecule has 0 aromatic heterocycles. The van der Waals surface area contributed by atoms with E-state index in [1.54, 1.807) is 13.8 Å². The maximum atomic E-state index is 11.7. The lowest BCUT2D eigenvalue weighted by Crippen LogP contribution is -2.30. The van der Waals surface area contributed by atoms with Gasteiger partial charge in [-0.2, -0.15) is 0 Å². The zero-order valence-electron chi connectivity index (χ0n) is 30.3. The number of hydrogen-bond donors (Lipinski definition) is 0. The minimum atomic E-state index is -0.353. The summed E-state index contributed by atoms with van der Waals surface area (Å²) in [6.07, 6.45) is 11.9. The van der Waals surface area contributed by atoms with E-state index < -0.39 is 0 Å². The van der Waals surface area contributed by atoms with Crippen molar-refractivity contribution in [3.8, 4) is 0 Å². The van der Waals surface area contributed by atoms with E-state index in [1.807, 2.05) is 12.2 Å². The second-order valence-corrected chi connectivity index (χ2v) is 16.6. The Morgan fingerprint density at radius 2 is 0.909 bits per heavy atom. The SMILES string of the molecule is C=C(C)C(=O)OC/C=C/CC(C)(C)CC(C)(C)c1cc(C(C)(C)C)cc(C(C)(C)CC(C)(C)C/C=C/COC(=O)C(=C)C)c1. The van der Waals surface area contributed by atoms with Gasteiger partial charge in [0.2, 0.25) is 0 Å². The summed E-state index contributed by atoms with van der Waals surface area (Å²) in [7, 11) is 0. The number of carbonyl (C=O) groups is 2. The van der Waals surface area contributed by atoms with E-state index in [0.717, 1.165) is 25.7 Å². The van der Waals surface area contributed by atoms with Gasteiger partial charge in [-0.25, -0.2) is 9.59 Å². The standard InChI is InChI=1S/C40H62O4/c1-29(2)34(41)43-22-18-16-20-37(8,9)27-39(12,13)32-24-31(36(5,6)7)25-33(26-32)40(14,15)28-38(10,11)21-17-19-23-44-35(42)30(3)4/h16-19,24-26H,1,3,20-23,27-28H2,2,4-15H3/b18-16+,19-17+. The van der Waals surface area contributed by atoms with Gasteiger partial charge in [0.05, 0.1) is 0 Å². The summed E-state index contributed by atoms with van der Waals surface area (Å²) in [5.74, 6) is -0.706. The van der Waals surface area contributed by atoms with Crippen LogP contribution in [-0.2, 0) is 35.3 Å². The van der Waals surface area contributed by atoms with Crippen LogP contribution in [0, 0.1) is 10.8 Å². The lowest BCUT2D eigenvalue weighted by Gasteiger charge is -2.39. The monoisotopic (exact) mass is 606 g/mol. The molecule has 0 bridgehead atoms. The largest absolute Gasteiger partial charge is 0.458 e. The lowest BCUT2D eigenvalue weighted by atomic mass is 9.66. The smallest absolute Gasteiger partial charge is 0.333 e. The summed E-state index contributed by atoms with van der Waals surface area (Å²) in [5.41, 5.74) is 4.98. The number of esters is 2. The van der Waals surface area contributed by atoms with Crippen LogP contribution in [0.1, 0.15) is 132 Å². The highest BCUT2D eigenvalue weighted by Crippen LogP contribution is 2.44. The molecule has 0 atom stereocenters. The fourth-order valence-corrected chi connectivity index (χ4v) is 6.02. The number of rotatable bonds is 16. The van der Waals surface area contributed by atoms with Crippen LogP contribution >= 0.6 is 0 Å². The number of benzene rings is 1. The fraction of sp³-hybridized carbons (Fsp3) is 0.600. The van der Waals surface area contributed by atoms with Crippen LogP contribution in [0.3, 0.4) is 0 Å². The molecule has 0 spiro atoms. The zero-order valence-corrected chi connectivity index (χ0v) is 30.3. The topological polar surface area (TPSA) is 52.6 Å². The third-order valence-electron chi connectivity index (χ3n) is 8.20. The van der Waals surface area contributed by atoms with Crippen molar-refractivity contribution in [1.29, 1.82) is 0 Å².